The molecule has 3 rings (SSSR count). The van der Waals surface area contributed by atoms with E-state index in [2.05, 4.69) is 15.3 Å². The van der Waals surface area contributed by atoms with Crippen LogP contribution in [0.15, 0.2) is 48.8 Å². The number of aliphatic carboxylic acids is 1. The van der Waals surface area contributed by atoms with Crippen LogP contribution in [-0.2, 0) is 4.79 Å². The number of carboxylic acid groups (broad SMARTS) is 2. The maximum atomic E-state index is 11.7. The molecule has 3 N–H and O–H groups in total. The zero-order valence-corrected chi connectivity index (χ0v) is 13.3. The lowest BCUT2D eigenvalue weighted by atomic mass is 9.98. The third-order valence-corrected chi connectivity index (χ3v) is 3.81. The molecular formula is C18H15N3O4. The number of hydrogen-bond donors (Lipinski definition) is 3. The monoisotopic (exact) mass is 337 g/mol. The van der Waals surface area contributed by atoms with E-state index < -0.39 is 18.0 Å². The SMILES string of the molecule is CC(Nc1ncc(-c2ccccn2)c2c(C(=O)O)cccc12)C(=O)O. The van der Waals surface area contributed by atoms with Gasteiger partial charge in [0.1, 0.15) is 11.9 Å². The first kappa shape index (κ1) is 16.4. The molecule has 25 heavy (non-hydrogen) atoms. The number of carboxylic acids is 2. The van der Waals surface area contributed by atoms with Crippen molar-refractivity contribution in [1.29, 1.82) is 0 Å². The highest BCUT2D eigenvalue weighted by Gasteiger charge is 2.19. The Hall–Kier alpha value is -3.48. The molecule has 0 saturated carbocycles. The number of hydrogen-bond acceptors (Lipinski definition) is 5. The van der Waals surface area contributed by atoms with E-state index in [1.165, 1.54) is 19.2 Å². The molecule has 0 aliphatic rings. The van der Waals surface area contributed by atoms with E-state index >= 15 is 0 Å². The average Bonchev–Trinajstić information content (AvgIpc) is 2.62. The Morgan fingerprint density at radius 1 is 1.08 bits per heavy atom. The quantitative estimate of drug-likeness (QED) is 0.656. The summed E-state index contributed by atoms with van der Waals surface area (Å²) in [6, 6.07) is 9.27. The normalized spacial score (nSPS) is 11.9. The van der Waals surface area contributed by atoms with Crippen LogP contribution in [-0.4, -0.2) is 38.2 Å². The zero-order valence-electron chi connectivity index (χ0n) is 13.3. The van der Waals surface area contributed by atoms with Crippen molar-refractivity contribution in [1.82, 2.24) is 9.97 Å². The smallest absolute Gasteiger partial charge is 0.336 e. The molecule has 2 heterocycles. The molecule has 7 nitrogen and oxygen atoms in total. The lowest BCUT2D eigenvalue weighted by Crippen LogP contribution is -2.26. The molecule has 1 atom stereocenters. The van der Waals surface area contributed by atoms with E-state index in [9.17, 15) is 14.7 Å². The highest BCUT2D eigenvalue weighted by Crippen LogP contribution is 2.33. The van der Waals surface area contributed by atoms with Crippen molar-refractivity contribution in [3.63, 3.8) is 0 Å². The first-order valence-electron chi connectivity index (χ1n) is 7.55. The standard InChI is InChI=1S/C18H15N3O4/c1-10(17(22)23)21-16-11-5-4-6-12(18(24)25)15(11)13(9-20-16)14-7-2-3-8-19-14/h2-10H,1H3,(H,20,21)(H,22,23)(H,24,25). The third kappa shape index (κ3) is 3.12. The molecule has 126 valence electrons. The van der Waals surface area contributed by atoms with Gasteiger partial charge in [-0.15, -0.1) is 0 Å². The van der Waals surface area contributed by atoms with Crippen LogP contribution in [0.4, 0.5) is 5.82 Å². The number of pyridine rings is 2. The number of aromatic carboxylic acids is 1. The average molecular weight is 337 g/mol. The number of nitrogens with one attached hydrogen (secondary N) is 1. The van der Waals surface area contributed by atoms with Gasteiger partial charge >= 0.3 is 11.9 Å². The molecule has 0 aliphatic heterocycles. The first-order valence-corrected chi connectivity index (χ1v) is 7.55. The predicted molar refractivity (Wildman–Crippen MR) is 92.7 cm³/mol. The Labute approximate surface area is 143 Å². The van der Waals surface area contributed by atoms with E-state index in [1.807, 2.05) is 0 Å². The van der Waals surface area contributed by atoms with Gasteiger partial charge in [0, 0.05) is 28.7 Å². The number of aromatic nitrogens is 2. The summed E-state index contributed by atoms with van der Waals surface area (Å²) >= 11 is 0. The Balaban J connectivity index is 2.29. The van der Waals surface area contributed by atoms with Crippen molar-refractivity contribution >= 4 is 28.5 Å². The summed E-state index contributed by atoms with van der Waals surface area (Å²) in [6.07, 6.45) is 3.12. The van der Waals surface area contributed by atoms with Gasteiger partial charge in [-0.3, -0.25) is 9.78 Å². The topological polar surface area (TPSA) is 112 Å². The molecule has 0 radical (unpaired) electrons. The van der Waals surface area contributed by atoms with Gasteiger partial charge < -0.3 is 15.5 Å². The van der Waals surface area contributed by atoms with Gasteiger partial charge in [0.2, 0.25) is 0 Å². The van der Waals surface area contributed by atoms with E-state index in [-0.39, 0.29) is 5.56 Å². The van der Waals surface area contributed by atoms with Crippen molar-refractivity contribution in [2.24, 2.45) is 0 Å². The van der Waals surface area contributed by atoms with E-state index in [1.54, 1.807) is 36.5 Å². The summed E-state index contributed by atoms with van der Waals surface area (Å²) in [5.74, 6) is -1.79. The fraction of sp³-hybridized carbons (Fsp3) is 0.111. The number of nitrogens with zero attached hydrogens (tertiary/aromatic N) is 2. The largest absolute Gasteiger partial charge is 0.480 e. The van der Waals surface area contributed by atoms with Gasteiger partial charge in [-0.2, -0.15) is 0 Å². The van der Waals surface area contributed by atoms with Gasteiger partial charge in [0.15, 0.2) is 0 Å². The Bertz CT molecular complexity index is 957. The van der Waals surface area contributed by atoms with E-state index in [4.69, 9.17) is 5.11 Å². The molecule has 1 aromatic carbocycles. The van der Waals surface area contributed by atoms with Crippen LogP contribution >= 0.6 is 0 Å². The lowest BCUT2D eigenvalue weighted by Gasteiger charge is -2.15. The molecule has 0 aliphatic carbocycles. The maximum Gasteiger partial charge on any atom is 0.336 e. The van der Waals surface area contributed by atoms with Crippen LogP contribution in [0.2, 0.25) is 0 Å². The number of carbonyl (C=O) groups is 2. The van der Waals surface area contributed by atoms with Crippen molar-refractivity contribution < 1.29 is 19.8 Å². The van der Waals surface area contributed by atoms with Crippen LogP contribution in [0.1, 0.15) is 17.3 Å². The second kappa shape index (κ2) is 6.56. The molecule has 2 aromatic heterocycles. The Morgan fingerprint density at radius 2 is 1.88 bits per heavy atom. The molecule has 0 amide bonds. The van der Waals surface area contributed by atoms with E-state index in [0.717, 1.165) is 0 Å². The second-order valence-corrected chi connectivity index (χ2v) is 5.47. The predicted octanol–water partition coefficient (Wildman–Crippen LogP) is 2.88. The summed E-state index contributed by atoms with van der Waals surface area (Å²) < 4.78 is 0. The molecule has 1 unspecified atom stereocenters. The molecular weight excluding hydrogens is 322 g/mol. The summed E-state index contributed by atoms with van der Waals surface area (Å²) in [5.41, 5.74) is 1.26. The van der Waals surface area contributed by atoms with Crippen molar-refractivity contribution in [2.45, 2.75) is 13.0 Å². The third-order valence-electron chi connectivity index (χ3n) is 3.81. The number of fused-ring (bicyclic) bond motifs is 1. The zero-order chi connectivity index (χ0) is 18.0. The molecule has 7 heteroatoms. The molecule has 0 fully saturated rings. The van der Waals surface area contributed by atoms with Crippen molar-refractivity contribution in [3.05, 3.63) is 54.4 Å². The van der Waals surface area contributed by atoms with Crippen molar-refractivity contribution in [2.75, 3.05) is 5.32 Å². The van der Waals surface area contributed by atoms with Gasteiger partial charge in [0.25, 0.3) is 0 Å². The molecule has 0 bridgehead atoms. The minimum Gasteiger partial charge on any atom is -0.480 e. The Morgan fingerprint density at radius 3 is 2.52 bits per heavy atom. The van der Waals surface area contributed by atoms with Crippen molar-refractivity contribution in [3.8, 4) is 11.3 Å². The Kier molecular flexibility index (Phi) is 4.30. The number of anilines is 1. The van der Waals surface area contributed by atoms with Crippen LogP contribution in [0.3, 0.4) is 0 Å². The molecule has 0 spiro atoms. The van der Waals surface area contributed by atoms with Gasteiger partial charge in [-0.1, -0.05) is 18.2 Å². The number of rotatable bonds is 5. The maximum absolute atomic E-state index is 11.7. The molecule has 3 aromatic rings. The molecule has 0 saturated heterocycles. The van der Waals surface area contributed by atoms with Gasteiger partial charge in [-0.05, 0) is 25.1 Å². The van der Waals surface area contributed by atoms with Crippen LogP contribution in [0.25, 0.3) is 22.0 Å². The highest BCUT2D eigenvalue weighted by atomic mass is 16.4. The van der Waals surface area contributed by atoms with Crippen LogP contribution in [0, 0.1) is 0 Å². The van der Waals surface area contributed by atoms with Gasteiger partial charge in [-0.25, -0.2) is 9.78 Å². The summed E-state index contributed by atoms with van der Waals surface area (Å²) in [5, 5.41) is 22.4. The minimum absolute atomic E-state index is 0.103. The summed E-state index contributed by atoms with van der Waals surface area (Å²) in [7, 11) is 0. The van der Waals surface area contributed by atoms with E-state index in [0.29, 0.717) is 27.8 Å². The first-order chi connectivity index (χ1) is 12.0. The fourth-order valence-electron chi connectivity index (χ4n) is 2.58. The lowest BCUT2D eigenvalue weighted by molar-refractivity contribution is -0.137. The fourth-order valence-corrected chi connectivity index (χ4v) is 2.58. The number of benzene rings is 1. The summed E-state index contributed by atoms with van der Waals surface area (Å²) in [6.45, 7) is 1.49. The summed E-state index contributed by atoms with van der Waals surface area (Å²) in [4.78, 5) is 31.4. The van der Waals surface area contributed by atoms with Crippen LogP contribution < -0.4 is 5.32 Å². The minimum atomic E-state index is -1.08. The van der Waals surface area contributed by atoms with Crippen LogP contribution in [0.5, 0.6) is 0 Å². The second-order valence-electron chi connectivity index (χ2n) is 5.47. The van der Waals surface area contributed by atoms with Gasteiger partial charge in [0.05, 0.1) is 11.3 Å². The highest BCUT2D eigenvalue weighted by molar-refractivity contribution is 6.12.